The molecular weight excluding hydrogens is 256 g/mol. The number of aryl methyl sites for hydroxylation is 1. The number of rotatable bonds is 4. The molecule has 0 fully saturated rings. The van der Waals surface area contributed by atoms with Crippen molar-refractivity contribution in [1.29, 1.82) is 0 Å². The van der Waals surface area contributed by atoms with Crippen molar-refractivity contribution in [3.63, 3.8) is 0 Å². The van der Waals surface area contributed by atoms with Crippen molar-refractivity contribution in [2.45, 2.75) is 60.2 Å². The number of nitrogens with zero attached hydrogens (tertiary/aromatic N) is 1. The van der Waals surface area contributed by atoms with E-state index in [0.29, 0.717) is 0 Å². The van der Waals surface area contributed by atoms with Crippen LogP contribution in [0.5, 0.6) is 0 Å². The Kier molecular flexibility index (Phi) is 4.29. The Morgan fingerprint density at radius 1 is 1.24 bits per heavy atom. The molecule has 0 bridgehead atoms. The predicted octanol–water partition coefficient (Wildman–Crippen LogP) is 4.72. The van der Waals surface area contributed by atoms with Gasteiger partial charge in [-0.15, -0.1) is 0 Å². The fourth-order valence-corrected chi connectivity index (χ4v) is 2.65. The third-order valence-electron chi connectivity index (χ3n) is 3.95. The summed E-state index contributed by atoms with van der Waals surface area (Å²) in [4.78, 5) is 0. The normalized spacial score (nSPS) is 12.1. The molecule has 21 heavy (non-hydrogen) atoms. The van der Waals surface area contributed by atoms with Gasteiger partial charge in [-0.25, -0.2) is 0 Å². The average molecular weight is 284 g/mol. The van der Waals surface area contributed by atoms with E-state index in [1.807, 2.05) is 0 Å². The number of aromatic nitrogens is 1. The molecule has 0 amide bonds. The summed E-state index contributed by atoms with van der Waals surface area (Å²) in [6, 6.07) is 6.80. The Labute approximate surface area is 128 Å². The lowest BCUT2D eigenvalue weighted by atomic mass is 10.1. The van der Waals surface area contributed by atoms with Crippen LogP contribution in [0.4, 0.5) is 0 Å². The summed E-state index contributed by atoms with van der Waals surface area (Å²) in [5.41, 5.74) is 6.71. The van der Waals surface area contributed by atoms with Crippen molar-refractivity contribution >= 4 is 10.9 Å². The van der Waals surface area contributed by atoms with Crippen LogP contribution in [0.2, 0.25) is 0 Å². The second-order valence-corrected chi connectivity index (χ2v) is 7.21. The maximum atomic E-state index is 4.05. The van der Waals surface area contributed by atoms with E-state index in [0.717, 1.165) is 13.1 Å². The molecule has 114 valence electrons. The summed E-state index contributed by atoms with van der Waals surface area (Å²) < 4.78 is 2.37. The topological polar surface area (TPSA) is 17.0 Å². The number of hydrogen-bond acceptors (Lipinski definition) is 1. The van der Waals surface area contributed by atoms with Gasteiger partial charge in [0.15, 0.2) is 0 Å². The molecule has 0 saturated heterocycles. The van der Waals surface area contributed by atoms with Crippen LogP contribution in [0.1, 0.15) is 44.5 Å². The van der Waals surface area contributed by atoms with Gasteiger partial charge in [-0.2, -0.15) is 0 Å². The number of fused-ring (bicyclic) bond motifs is 1. The molecule has 1 heterocycles. The van der Waals surface area contributed by atoms with E-state index < -0.39 is 0 Å². The molecule has 1 N–H and O–H groups in total. The zero-order valence-corrected chi connectivity index (χ0v) is 14.3. The van der Waals surface area contributed by atoms with Gasteiger partial charge in [0.25, 0.3) is 0 Å². The van der Waals surface area contributed by atoms with Gasteiger partial charge in [-0.05, 0) is 64.8 Å². The Morgan fingerprint density at radius 2 is 1.90 bits per heavy atom. The molecule has 0 aliphatic rings. The first kappa shape index (κ1) is 15.8. The van der Waals surface area contributed by atoms with Gasteiger partial charge < -0.3 is 9.88 Å². The summed E-state index contributed by atoms with van der Waals surface area (Å²) >= 11 is 0. The van der Waals surface area contributed by atoms with Crippen molar-refractivity contribution in [2.24, 2.45) is 0 Å². The molecular formula is C19H28N2. The van der Waals surface area contributed by atoms with Crippen LogP contribution in [0.15, 0.2) is 30.4 Å². The van der Waals surface area contributed by atoms with Gasteiger partial charge in [-0.3, -0.25) is 0 Å². The Morgan fingerprint density at radius 3 is 2.48 bits per heavy atom. The lowest BCUT2D eigenvalue weighted by Crippen LogP contribution is -2.35. The molecule has 0 atom stereocenters. The van der Waals surface area contributed by atoms with Gasteiger partial charge >= 0.3 is 0 Å². The lowest BCUT2D eigenvalue weighted by Gasteiger charge is -2.20. The second kappa shape index (κ2) is 5.69. The lowest BCUT2D eigenvalue weighted by molar-refractivity contribution is 0.424. The summed E-state index contributed by atoms with van der Waals surface area (Å²) in [5.74, 6) is 0. The van der Waals surface area contributed by atoms with Gasteiger partial charge in [0.05, 0.1) is 0 Å². The van der Waals surface area contributed by atoms with Crippen molar-refractivity contribution in [1.82, 2.24) is 9.88 Å². The van der Waals surface area contributed by atoms with Gasteiger partial charge in [-0.1, -0.05) is 18.2 Å². The summed E-state index contributed by atoms with van der Waals surface area (Å²) in [5, 5.41) is 4.92. The highest BCUT2D eigenvalue weighted by Gasteiger charge is 2.13. The van der Waals surface area contributed by atoms with Crippen molar-refractivity contribution in [3.8, 4) is 0 Å². The first-order valence-electron chi connectivity index (χ1n) is 7.67. The molecule has 0 aliphatic heterocycles. The first-order valence-corrected chi connectivity index (χ1v) is 7.67. The zero-order chi connectivity index (χ0) is 15.8. The molecule has 0 radical (unpaired) electrons. The highest BCUT2D eigenvalue weighted by Crippen LogP contribution is 2.27. The van der Waals surface area contributed by atoms with Crippen LogP contribution in [-0.2, 0) is 13.1 Å². The summed E-state index contributed by atoms with van der Waals surface area (Å²) in [6.07, 6.45) is 0. The fraction of sp³-hybridized carbons (Fsp3) is 0.474. The maximum absolute atomic E-state index is 4.05. The highest BCUT2D eigenvalue weighted by molar-refractivity contribution is 5.86. The van der Waals surface area contributed by atoms with E-state index in [4.69, 9.17) is 0 Å². The smallest absolute Gasteiger partial charge is 0.0488 e. The Hall–Kier alpha value is -1.54. The largest absolute Gasteiger partial charge is 0.341 e. The van der Waals surface area contributed by atoms with Crippen LogP contribution in [0.3, 0.4) is 0 Å². The SMILES string of the molecule is C=C(C)Cn1c(C)c(C)c2cc(CNC(C)(C)C)ccc21. The molecule has 2 aromatic rings. The molecule has 1 aromatic heterocycles. The summed E-state index contributed by atoms with van der Waals surface area (Å²) in [6.45, 7) is 19.0. The monoisotopic (exact) mass is 284 g/mol. The number of allylic oxidation sites excluding steroid dienone is 1. The van der Waals surface area contributed by atoms with Gasteiger partial charge in [0.1, 0.15) is 0 Å². The van der Waals surface area contributed by atoms with Crippen LogP contribution in [0.25, 0.3) is 10.9 Å². The minimum Gasteiger partial charge on any atom is -0.341 e. The van der Waals surface area contributed by atoms with E-state index in [-0.39, 0.29) is 5.54 Å². The van der Waals surface area contributed by atoms with Crippen molar-refractivity contribution < 1.29 is 0 Å². The first-order chi connectivity index (χ1) is 9.69. The third-order valence-corrected chi connectivity index (χ3v) is 3.95. The molecule has 2 heteroatoms. The third kappa shape index (κ3) is 3.56. The molecule has 0 unspecified atom stereocenters. The van der Waals surface area contributed by atoms with Crippen molar-refractivity contribution in [3.05, 3.63) is 47.2 Å². The quantitative estimate of drug-likeness (QED) is 0.804. The molecule has 0 saturated carbocycles. The maximum Gasteiger partial charge on any atom is 0.0488 e. The van der Waals surface area contributed by atoms with Crippen molar-refractivity contribution in [2.75, 3.05) is 0 Å². The minimum absolute atomic E-state index is 0.145. The van der Waals surface area contributed by atoms with Crippen LogP contribution < -0.4 is 5.32 Å². The second-order valence-electron chi connectivity index (χ2n) is 7.21. The number of nitrogens with one attached hydrogen (secondary N) is 1. The Balaban J connectivity index is 2.40. The number of hydrogen-bond donors (Lipinski definition) is 1. The predicted molar refractivity (Wildman–Crippen MR) is 92.8 cm³/mol. The Bertz CT molecular complexity index is 669. The summed E-state index contributed by atoms with van der Waals surface area (Å²) in [7, 11) is 0. The average Bonchev–Trinajstić information content (AvgIpc) is 2.60. The van der Waals surface area contributed by atoms with Gasteiger partial charge in [0, 0.05) is 35.2 Å². The highest BCUT2D eigenvalue weighted by atomic mass is 15.0. The van der Waals surface area contributed by atoms with E-state index in [1.54, 1.807) is 0 Å². The van der Waals surface area contributed by atoms with Crippen LogP contribution >= 0.6 is 0 Å². The van der Waals surface area contributed by atoms with Crippen LogP contribution in [0, 0.1) is 13.8 Å². The van der Waals surface area contributed by atoms with E-state index in [2.05, 4.69) is 76.2 Å². The van der Waals surface area contributed by atoms with Gasteiger partial charge in [0.2, 0.25) is 0 Å². The van der Waals surface area contributed by atoms with E-state index >= 15 is 0 Å². The number of benzene rings is 1. The molecule has 2 nitrogen and oxygen atoms in total. The standard InChI is InChI=1S/C19H28N2/c1-13(2)12-21-15(4)14(3)17-10-16(8-9-18(17)21)11-20-19(5,6)7/h8-10,20H,1,11-12H2,2-7H3. The van der Waals surface area contributed by atoms with E-state index in [1.165, 1.54) is 33.3 Å². The van der Waals surface area contributed by atoms with Crippen LogP contribution in [-0.4, -0.2) is 10.1 Å². The minimum atomic E-state index is 0.145. The molecule has 0 spiro atoms. The molecule has 2 rings (SSSR count). The molecule has 0 aliphatic carbocycles. The zero-order valence-electron chi connectivity index (χ0n) is 14.3. The fourth-order valence-electron chi connectivity index (χ4n) is 2.65. The van der Waals surface area contributed by atoms with E-state index in [9.17, 15) is 0 Å². The molecule has 1 aromatic carbocycles.